The molecule has 1 atom stereocenters. The Morgan fingerprint density at radius 2 is 1.88 bits per heavy atom. The normalized spacial score (nSPS) is 16.6. The van der Waals surface area contributed by atoms with E-state index >= 15 is 0 Å². The topological polar surface area (TPSA) is 54.3 Å². The number of benzene rings is 2. The Labute approximate surface area is 207 Å². The monoisotopic (exact) mass is 492 g/mol. The summed E-state index contributed by atoms with van der Waals surface area (Å²) in [6.07, 6.45) is 5.05. The standard InChI is InChI=1S/C26H34Cl2N2O3/c1-3-4-5-22(31)17-30-14-12-19(13-15-30)18-33-23-10-11-24(25(28)16-23)26(29-32-2)20-6-8-21(27)9-7-20/h6-11,16,19,22,31H,3-5,12-15,17-18H2,1-2H3/b29-26+/t22-/m1/s1. The number of aliphatic hydroxyl groups excluding tert-OH is 1. The maximum Gasteiger partial charge on any atom is 0.120 e. The third-order valence-electron chi connectivity index (χ3n) is 6.05. The number of aliphatic hydroxyl groups is 1. The molecule has 0 radical (unpaired) electrons. The molecule has 1 aliphatic heterocycles. The molecular formula is C26H34Cl2N2O3. The number of oxime groups is 1. The molecule has 7 heteroatoms. The lowest BCUT2D eigenvalue weighted by Crippen LogP contribution is -2.40. The molecule has 180 valence electrons. The molecule has 5 nitrogen and oxygen atoms in total. The van der Waals surface area contributed by atoms with Gasteiger partial charge in [-0.2, -0.15) is 0 Å². The molecule has 2 aromatic rings. The lowest BCUT2D eigenvalue weighted by atomic mass is 9.97. The van der Waals surface area contributed by atoms with Crippen molar-refractivity contribution in [3.63, 3.8) is 0 Å². The highest BCUT2D eigenvalue weighted by Gasteiger charge is 2.22. The number of hydrogen-bond donors (Lipinski definition) is 1. The predicted molar refractivity (Wildman–Crippen MR) is 136 cm³/mol. The second-order valence-electron chi connectivity index (χ2n) is 8.62. The van der Waals surface area contributed by atoms with Crippen LogP contribution in [0.25, 0.3) is 0 Å². The van der Waals surface area contributed by atoms with Crippen LogP contribution in [0.15, 0.2) is 47.6 Å². The molecule has 1 saturated heterocycles. The van der Waals surface area contributed by atoms with E-state index in [9.17, 15) is 5.11 Å². The number of unbranched alkanes of at least 4 members (excludes halogenated alkanes) is 1. The van der Waals surface area contributed by atoms with Crippen molar-refractivity contribution in [2.75, 3.05) is 33.4 Å². The van der Waals surface area contributed by atoms with Crippen LogP contribution in [-0.4, -0.2) is 55.2 Å². The first kappa shape index (κ1) is 25.8. The number of nitrogens with zero attached hydrogens (tertiary/aromatic N) is 2. The fraction of sp³-hybridized carbons (Fsp3) is 0.500. The predicted octanol–water partition coefficient (Wildman–Crippen LogP) is 6.03. The van der Waals surface area contributed by atoms with Gasteiger partial charge < -0.3 is 19.6 Å². The van der Waals surface area contributed by atoms with Gasteiger partial charge in [-0.25, -0.2) is 0 Å². The zero-order valence-corrected chi connectivity index (χ0v) is 21.0. The summed E-state index contributed by atoms with van der Waals surface area (Å²) in [7, 11) is 1.51. The van der Waals surface area contributed by atoms with Crippen molar-refractivity contribution in [1.29, 1.82) is 0 Å². The van der Waals surface area contributed by atoms with Crippen LogP contribution < -0.4 is 4.74 Å². The van der Waals surface area contributed by atoms with E-state index in [1.807, 2.05) is 42.5 Å². The van der Waals surface area contributed by atoms with Gasteiger partial charge in [0.1, 0.15) is 18.6 Å². The van der Waals surface area contributed by atoms with Gasteiger partial charge in [0.2, 0.25) is 0 Å². The van der Waals surface area contributed by atoms with Crippen LogP contribution in [-0.2, 0) is 4.84 Å². The largest absolute Gasteiger partial charge is 0.493 e. The molecule has 1 fully saturated rings. The van der Waals surface area contributed by atoms with Crippen molar-refractivity contribution in [2.45, 2.75) is 45.1 Å². The molecule has 33 heavy (non-hydrogen) atoms. The van der Waals surface area contributed by atoms with Gasteiger partial charge in [0.05, 0.1) is 17.7 Å². The first-order valence-corrected chi connectivity index (χ1v) is 12.5. The number of halogens is 2. The summed E-state index contributed by atoms with van der Waals surface area (Å²) in [6.45, 7) is 5.62. The highest BCUT2D eigenvalue weighted by Crippen LogP contribution is 2.27. The Morgan fingerprint density at radius 3 is 2.52 bits per heavy atom. The van der Waals surface area contributed by atoms with E-state index in [2.05, 4.69) is 17.0 Å². The lowest BCUT2D eigenvalue weighted by molar-refractivity contribution is 0.0738. The number of piperidine rings is 1. The summed E-state index contributed by atoms with van der Waals surface area (Å²) >= 11 is 12.6. The fourth-order valence-electron chi connectivity index (χ4n) is 4.11. The smallest absolute Gasteiger partial charge is 0.120 e. The van der Waals surface area contributed by atoms with Gasteiger partial charge in [-0.15, -0.1) is 0 Å². The van der Waals surface area contributed by atoms with E-state index in [4.69, 9.17) is 32.8 Å². The van der Waals surface area contributed by atoms with Crippen molar-refractivity contribution in [3.8, 4) is 5.75 Å². The zero-order valence-electron chi connectivity index (χ0n) is 19.5. The van der Waals surface area contributed by atoms with E-state index in [-0.39, 0.29) is 6.10 Å². The van der Waals surface area contributed by atoms with E-state index in [0.717, 1.165) is 68.6 Å². The first-order valence-electron chi connectivity index (χ1n) is 11.7. The number of likely N-dealkylation sites (tertiary alicyclic amines) is 1. The van der Waals surface area contributed by atoms with Crippen molar-refractivity contribution in [2.24, 2.45) is 11.1 Å². The molecule has 1 N–H and O–H groups in total. The molecule has 0 bridgehead atoms. The Bertz CT molecular complexity index is 897. The number of hydrogen-bond acceptors (Lipinski definition) is 5. The average molecular weight is 493 g/mol. The molecule has 0 aromatic heterocycles. The maximum absolute atomic E-state index is 10.2. The van der Waals surface area contributed by atoms with Gasteiger partial charge >= 0.3 is 0 Å². The number of ether oxygens (including phenoxy) is 1. The molecule has 0 aliphatic carbocycles. The van der Waals surface area contributed by atoms with E-state index in [0.29, 0.717) is 28.3 Å². The van der Waals surface area contributed by atoms with Gasteiger partial charge in [0.25, 0.3) is 0 Å². The van der Waals surface area contributed by atoms with Crippen LogP contribution in [0.5, 0.6) is 5.75 Å². The second-order valence-corrected chi connectivity index (χ2v) is 9.47. The Kier molecular flexibility index (Phi) is 10.3. The minimum absolute atomic E-state index is 0.210. The SMILES string of the molecule is CCCC[C@@H](O)CN1CCC(COc2ccc(/C(=N/OC)c3ccc(Cl)cc3)c(Cl)c2)CC1. The van der Waals surface area contributed by atoms with Crippen LogP contribution in [0.3, 0.4) is 0 Å². The maximum atomic E-state index is 10.2. The Hall–Kier alpha value is -1.79. The van der Waals surface area contributed by atoms with Crippen LogP contribution in [0.1, 0.15) is 50.2 Å². The molecule has 0 amide bonds. The quantitative estimate of drug-likeness (QED) is 0.307. The molecular weight excluding hydrogens is 459 g/mol. The van der Waals surface area contributed by atoms with E-state index in [1.54, 1.807) is 0 Å². The van der Waals surface area contributed by atoms with Crippen LogP contribution in [0, 0.1) is 5.92 Å². The van der Waals surface area contributed by atoms with Gasteiger partial charge in [-0.1, -0.05) is 60.3 Å². The summed E-state index contributed by atoms with van der Waals surface area (Å²) in [6, 6.07) is 13.0. The van der Waals surface area contributed by atoms with E-state index in [1.165, 1.54) is 7.11 Å². The summed E-state index contributed by atoms with van der Waals surface area (Å²) in [5, 5.41) is 15.5. The third-order valence-corrected chi connectivity index (χ3v) is 6.61. The van der Waals surface area contributed by atoms with Crippen molar-refractivity contribution >= 4 is 28.9 Å². The minimum Gasteiger partial charge on any atom is -0.493 e. The second kappa shape index (κ2) is 13.2. The number of rotatable bonds is 11. The molecule has 0 saturated carbocycles. The van der Waals surface area contributed by atoms with Crippen LogP contribution in [0.4, 0.5) is 0 Å². The summed E-state index contributed by atoms with van der Waals surface area (Å²) < 4.78 is 6.07. The molecule has 1 heterocycles. The van der Waals surface area contributed by atoms with Crippen LogP contribution >= 0.6 is 23.2 Å². The minimum atomic E-state index is -0.210. The zero-order chi connectivity index (χ0) is 23.6. The molecule has 1 aliphatic rings. The van der Waals surface area contributed by atoms with Crippen molar-refractivity contribution < 1.29 is 14.7 Å². The van der Waals surface area contributed by atoms with E-state index < -0.39 is 0 Å². The molecule has 0 spiro atoms. The highest BCUT2D eigenvalue weighted by molar-refractivity contribution is 6.35. The van der Waals surface area contributed by atoms with Crippen molar-refractivity contribution in [1.82, 2.24) is 4.90 Å². The average Bonchev–Trinajstić information content (AvgIpc) is 2.82. The Balaban J connectivity index is 1.53. The molecule has 0 unspecified atom stereocenters. The first-order chi connectivity index (χ1) is 16.0. The summed E-state index contributed by atoms with van der Waals surface area (Å²) in [5.41, 5.74) is 2.27. The summed E-state index contributed by atoms with van der Waals surface area (Å²) in [5.74, 6) is 1.25. The summed E-state index contributed by atoms with van der Waals surface area (Å²) in [4.78, 5) is 7.42. The molecule has 2 aromatic carbocycles. The highest BCUT2D eigenvalue weighted by atomic mass is 35.5. The van der Waals surface area contributed by atoms with Crippen molar-refractivity contribution in [3.05, 3.63) is 63.6 Å². The number of β-amino-alcohol motifs (C(OH)–C–C–N with tert-alkyl or cyclic N) is 1. The van der Waals surface area contributed by atoms with Gasteiger partial charge in [0, 0.05) is 22.7 Å². The van der Waals surface area contributed by atoms with Gasteiger partial charge in [-0.3, -0.25) is 0 Å². The Morgan fingerprint density at radius 1 is 1.15 bits per heavy atom. The lowest BCUT2D eigenvalue weighted by Gasteiger charge is -2.33. The van der Waals surface area contributed by atoms with Gasteiger partial charge in [-0.05, 0) is 68.6 Å². The van der Waals surface area contributed by atoms with Gasteiger partial charge in [0.15, 0.2) is 0 Å². The third kappa shape index (κ3) is 7.89. The van der Waals surface area contributed by atoms with Crippen LogP contribution in [0.2, 0.25) is 10.0 Å². The fourth-order valence-corrected chi connectivity index (χ4v) is 4.50. The molecule has 3 rings (SSSR count).